The Morgan fingerprint density at radius 1 is 1.24 bits per heavy atom. The normalized spacial score (nSPS) is 11.8. The Balaban J connectivity index is 2.02. The Kier molecular flexibility index (Phi) is 5.48. The molecular weight excluding hydrogens is 382 g/mol. The van der Waals surface area contributed by atoms with Gasteiger partial charge in [-0.05, 0) is 35.7 Å². The number of nitrogens with zero attached hydrogens (tertiary/aromatic N) is 1. The van der Waals surface area contributed by atoms with Crippen molar-refractivity contribution < 1.29 is 17.6 Å². The molecule has 2 heterocycles. The van der Waals surface area contributed by atoms with Crippen molar-refractivity contribution in [2.75, 3.05) is 7.11 Å². The highest BCUT2D eigenvalue weighted by Gasteiger charge is 2.29. The smallest absolute Gasteiger partial charge is 0.247 e. The molecule has 0 N–H and O–H groups in total. The summed E-state index contributed by atoms with van der Waals surface area (Å²) in [6.07, 6.45) is 3.05. The molecule has 0 aliphatic rings. The fraction of sp³-hybridized carbons (Fsp3) is 0.176. The van der Waals surface area contributed by atoms with E-state index in [0.717, 1.165) is 10.4 Å². The Morgan fingerprint density at radius 2 is 2.08 bits per heavy atom. The molecule has 0 radical (unpaired) electrons. The molecule has 2 aromatic heterocycles. The molecule has 132 valence electrons. The number of furan rings is 1. The van der Waals surface area contributed by atoms with Crippen molar-refractivity contribution in [3.63, 3.8) is 0 Å². The van der Waals surface area contributed by atoms with E-state index in [9.17, 15) is 8.42 Å². The maximum Gasteiger partial charge on any atom is 0.247 e. The summed E-state index contributed by atoms with van der Waals surface area (Å²) in [6, 6.07) is 10.1. The van der Waals surface area contributed by atoms with Gasteiger partial charge in [-0.25, -0.2) is 8.42 Å². The summed E-state index contributed by atoms with van der Waals surface area (Å²) in [7, 11) is -2.40. The van der Waals surface area contributed by atoms with E-state index in [1.165, 1.54) is 41.3 Å². The summed E-state index contributed by atoms with van der Waals surface area (Å²) < 4.78 is 38.2. The monoisotopic (exact) mass is 397 g/mol. The van der Waals surface area contributed by atoms with Crippen molar-refractivity contribution in [2.24, 2.45) is 0 Å². The van der Waals surface area contributed by atoms with Crippen LogP contribution in [0, 0.1) is 0 Å². The van der Waals surface area contributed by atoms with Crippen LogP contribution in [0.3, 0.4) is 0 Å². The highest BCUT2D eigenvalue weighted by Crippen LogP contribution is 2.31. The standard InChI is InChI=1S/C17H16ClNO4S2/c1-22-16-5-4-14(18)9-17(16)25(20,21)19(10-13-6-7-23-12-13)11-15-3-2-8-24-15/h2-9,12H,10-11H2,1H3. The first-order chi connectivity index (χ1) is 12.0. The van der Waals surface area contributed by atoms with Gasteiger partial charge in [0.05, 0.1) is 19.6 Å². The third-order valence-corrected chi connectivity index (χ3v) is 6.50. The van der Waals surface area contributed by atoms with Crippen molar-refractivity contribution in [2.45, 2.75) is 18.0 Å². The number of rotatable bonds is 7. The lowest BCUT2D eigenvalue weighted by Gasteiger charge is -2.22. The molecule has 8 heteroatoms. The lowest BCUT2D eigenvalue weighted by atomic mass is 10.3. The molecule has 0 unspecified atom stereocenters. The molecule has 0 spiro atoms. The van der Waals surface area contributed by atoms with E-state index >= 15 is 0 Å². The number of thiophene rings is 1. The molecule has 0 aliphatic heterocycles. The second-order valence-electron chi connectivity index (χ2n) is 5.28. The summed E-state index contributed by atoms with van der Waals surface area (Å²) in [5, 5.41) is 2.25. The van der Waals surface area contributed by atoms with E-state index in [1.54, 1.807) is 18.2 Å². The number of benzene rings is 1. The Labute approximate surface area is 155 Å². The second-order valence-corrected chi connectivity index (χ2v) is 8.65. The lowest BCUT2D eigenvalue weighted by molar-refractivity contribution is 0.383. The van der Waals surface area contributed by atoms with Gasteiger partial charge in [0.2, 0.25) is 10.0 Å². The first-order valence-corrected chi connectivity index (χ1v) is 10.1. The van der Waals surface area contributed by atoms with Crippen molar-refractivity contribution in [3.8, 4) is 5.75 Å². The first kappa shape index (κ1) is 18.0. The predicted octanol–water partition coefficient (Wildman–Crippen LogP) is 4.39. The van der Waals surface area contributed by atoms with E-state index in [1.807, 2.05) is 17.5 Å². The van der Waals surface area contributed by atoms with Crippen LogP contribution in [0.2, 0.25) is 5.02 Å². The van der Waals surface area contributed by atoms with Crippen molar-refractivity contribution in [3.05, 3.63) is 69.8 Å². The van der Waals surface area contributed by atoms with Gasteiger partial charge >= 0.3 is 0 Å². The molecule has 3 aromatic rings. The molecule has 0 bridgehead atoms. The van der Waals surface area contributed by atoms with Crippen LogP contribution in [0.15, 0.2) is 63.6 Å². The second kappa shape index (κ2) is 7.61. The summed E-state index contributed by atoms with van der Waals surface area (Å²) in [5.41, 5.74) is 0.765. The van der Waals surface area contributed by atoms with Gasteiger partial charge in [-0.2, -0.15) is 4.31 Å². The number of hydrogen-bond acceptors (Lipinski definition) is 5. The number of halogens is 1. The maximum absolute atomic E-state index is 13.3. The highest BCUT2D eigenvalue weighted by atomic mass is 35.5. The Bertz CT molecular complexity index is 885. The van der Waals surface area contributed by atoms with E-state index in [0.29, 0.717) is 5.02 Å². The third-order valence-electron chi connectivity index (χ3n) is 3.59. The molecule has 0 saturated heterocycles. The van der Waals surface area contributed by atoms with Gasteiger partial charge in [-0.3, -0.25) is 0 Å². The van der Waals surface area contributed by atoms with Gasteiger partial charge in [0, 0.05) is 28.6 Å². The molecule has 0 saturated carbocycles. The summed E-state index contributed by atoms with van der Waals surface area (Å²) in [6.45, 7) is 0.438. The minimum absolute atomic E-state index is 0.0440. The number of hydrogen-bond donors (Lipinski definition) is 0. The summed E-state index contributed by atoms with van der Waals surface area (Å²) in [5.74, 6) is 0.257. The van der Waals surface area contributed by atoms with Crippen molar-refractivity contribution in [1.29, 1.82) is 0 Å². The highest BCUT2D eigenvalue weighted by molar-refractivity contribution is 7.89. The van der Waals surface area contributed by atoms with Gasteiger partial charge in [0.25, 0.3) is 0 Å². The molecule has 25 heavy (non-hydrogen) atoms. The topological polar surface area (TPSA) is 59.8 Å². The first-order valence-electron chi connectivity index (χ1n) is 7.38. The molecule has 0 fully saturated rings. The SMILES string of the molecule is COc1ccc(Cl)cc1S(=O)(=O)N(Cc1ccoc1)Cc1cccs1. The lowest BCUT2D eigenvalue weighted by Crippen LogP contribution is -2.30. The summed E-state index contributed by atoms with van der Waals surface area (Å²) in [4.78, 5) is 0.982. The van der Waals surface area contributed by atoms with E-state index < -0.39 is 10.0 Å². The molecule has 3 rings (SSSR count). The van der Waals surface area contributed by atoms with Crippen LogP contribution in [-0.2, 0) is 23.1 Å². The summed E-state index contributed by atoms with van der Waals surface area (Å²) >= 11 is 7.52. The van der Waals surface area contributed by atoms with E-state index in [2.05, 4.69) is 0 Å². The molecule has 0 atom stereocenters. The van der Waals surface area contributed by atoms with Crippen LogP contribution in [-0.4, -0.2) is 19.8 Å². The zero-order valence-corrected chi connectivity index (χ0v) is 15.8. The zero-order chi connectivity index (χ0) is 17.9. The minimum Gasteiger partial charge on any atom is -0.495 e. The van der Waals surface area contributed by atoms with Gasteiger partial charge in [0.1, 0.15) is 10.6 Å². The molecule has 0 aliphatic carbocycles. The van der Waals surface area contributed by atoms with Crippen molar-refractivity contribution in [1.82, 2.24) is 4.31 Å². The van der Waals surface area contributed by atoms with Crippen LogP contribution in [0.4, 0.5) is 0 Å². The number of sulfonamides is 1. The van der Waals surface area contributed by atoms with E-state index in [4.69, 9.17) is 20.8 Å². The number of ether oxygens (including phenoxy) is 1. The maximum atomic E-state index is 13.3. The minimum atomic E-state index is -3.83. The van der Waals surface area contributed by atoms with Gasteiger partial charge in [-0.1, -0.05) is 17.7 Å². The zero-order valence-electron chi connectivity index (χ0n) is 13.4. The molecule has 0 amide bonds. The molecule has 5 nitrogen and oxygen atoms in total. The average molecular weight is 398 g/mol. The quantitative estimate of drug-likeness (QED) is 0.593. The number of methoxy groups -OCH3 is 1. The van der Waals surface area contributed by atoms with Gasteiger partial charge in [-0.15, -0.1) is 11.3 Å². The van der Waals surface area contributed by atoms with Crippen LogP contribution in [0.5, 0.6) is 5.75 Å². The van der Waals surface area contributed by atoms with Crippen molar-refractivity contribution >= 4 is 33.0 Å². The average Bonchev–Trinajstić information content (AvgIpc) is 3.28. The third kappa shape index (κ3) is 4.07. The molecular formula is C17H16ClNO4S2. The van der Waals surface area contributed by atoms with Gasteiger partial charge < -0.3 is 9.15 Å². The van der Waals surface area contributed by atoms with Crippen LogP contribution < -0.4 is 4.74 Å². The Hall–Kier alpha value is -1.80. The fourth-order valence-electron chi connectivity index (χ4n) is 2.38. The van der Waals surface area contributed by atoms with E-state index in [-0.39, 0.29) is 23.7 Å². The van der Waals surface area contributed by atoms with Crippen LogP contribution >= 0.6 is 22.9 Å². The predicted molar refractivity (Wildman–Crippen MR) is 97.5 cm³/mol. The largest absolute Gasteiger partial charge is 0.495 e. The van der Waals surface area contributed by atoms with Crippen LogP contribution in [0.1, 0.15) is 10.4 Å². The molecule has 1 aromatic carbocycles. The Morgan fingerprint density at radius 3 is 2.72 bits per heavy atom. The fourth-order valence-corrected chi connectivity index (χ4v) is 5.01. The van der Waals surface area contributed by atoms with Crippen LogP contribution in [0.25, 0.3) is 0 Å². The van der Waals surface area contributed by atoms with Gasteiger partial charge in [0.15, 0.2) is 0 Å².